The smallest absolute Gasteiger partial charge is 0.328 e. The summed E-state index contributed by atoms with van der Waals surface area (Å²) < 4.78 is 11.4. The third-order valence-electron chi connectivity index (χ3n) is 3.11. The number of hydrogen-bond acceptors (Lipinski definition) is 3. The molecular weight excluding hydrogens is 262 g/mol. The standard InChI is InChI=1S/C14H17NO3S/c1-11-2-4-13(12(10-11)3-5-14(16)17)15-6-8-19(18)9-7-15/h2-5,10H,6-9H2,1H3,(H,16,17)/b5-3+. The van der Waals surface area contributed by atoms with Gasteiger partial charge in [0.15, 0.2) is 0 Å². The highest BCUT2D eigenvalue weighted by atomic mass is 32.2. The van der Waals surface area contributed by atoms with Gasteiger partial charge in [-0.3, -0.25) is 4.21 Å². The summed E-state index contributed by atoms with van der Waals surface area (Å²) in [6.45, 7) is 3.49. The minimum absolute atomic E-state index is 0.677. The molecule has 1 N–H and O–H groups in total. The molecule has 19 heavy (non-hydrogen) atoms. The van der Waals surface area contributed by atoms with Crippen LogP contribution in [0.1, 0.15) is 11.1 Å². The first-order valence-corrected chi connectivity index (χ1v) is 7.66. The molecule has 0 atom stereocenters. The van der Waals surface area contributed by atoms with Crippen molar-refractivity contribution in [1.82, 2.24) is 0 Å². The molecule has 0 spiro atoms. The van der Waals surface area contributed by atoms with E-state index in [1.807, 2.05) is 25.1 Å². The van der Waals surface area contributed by atoms with Gasteiger partial charge in [-0.15, -0.1) is 0 Å². The van der Waals surface area contributed by atoms with Crippen LogP contribution in [0.15, 0.2) is 24.3 Å². The molecule has 2 rings (SSSR count). The van der Waals surface area contributed by atoms with Gasteiger partial charge in [-0.05, 0) is 30.7 Å². The zero-order valence-electron chi connectivity index (χ0n) is 10.8. The fourth-order valence-corrected chi connectivity index (χ4v) is 3.19. The monoisotopic (exact) mass is 279 g/mol. The number of benzene rings is 1. The third-order valence-corrected chi connectivity index (χ3v) is 4.38. The zero-order valence-corrected chi connectivity index (χ0v) is 11.7. The molecule has 0 aromatic heterocycles. The normalized spacial score (nSPS) is 17.0. The Morgan fingerprint density at radius 2 is 2.05 bits per heavy atom. The van der Waals surface area contributed by atoms with Crippen LogP contribution in [0.3, 0.4) is 0 Å². The number of hydrogen-bond donors (Lipinski definition) is 1. The number of aliphatic carboxylic acids is 1. The van der Waals surface area contributed by atoms with E-state index in [2.05, 4.69) is 4.90 Å². The summed E-state index contributed by atoms with van der Waals surface area (Å²) in [4.78, 5) is 12.8. The highest BCUT2D eigenvalue weighted by molar-refractivity contribution is 7.85. The summed E-state index contributed by atoms with van der Waals surface area (Å²) >= 11 is 0. The minimum atomic E-state index is -0.952. The molecule has 0 aliphatic carbocycles. The Morgan fingerprint density at radius 1 is 1.37 bits per heavy atom. The molecule has 0 amide bonds. The summed E-state index contributed by atoms with van der Waals surface area (Å²) in [7, 11) is -0.711. The second-order valence-corrected chi connectivity index (χ2v) is 6.27. The Kier molecular flexibility index (Phi) is 4.37. The van der Waals surface area contributed by atoms with Crippen LogP contribution in [-0.4, -0.2) is 39.9 Å². The van der Waals surface area contributed by atoms with Crippen LogP contribution in [0.4, 0.5) is 5.69 Å². The Balaban J connectivity index is 2.28. The molecule has 0 radical (unpaired) electrons. The van der Waals surface area contributed by atoms with E-state index >= 15 is 0 Å². The number of rotatable bonds is 3. The van der Waals surface area contributed by atoms with Gasteiger partial charge in [-0.25, -0.2) is 4.79 Å². The molecular formula is C14H17NO3S. The van der Waals surface area contributed by atoms with Crippen molar-refractivity contribution in [3.8, 4) is 0 Å². The minimum Gasteiger partial charge on any atom is -0.478 e. The maximum Gasteiger partial charge on any atom is 0.328 e. The Morgan fingerprint density at radius 3 is 2.68 bits per heavy atom. The van der Waals surface area contributed by atoms with Crippen molar-refractivity contribution < 1.29 is 14.1 Å². The molecule has 5 heteroatoms. The zero-order chi connectivity index (χ0) is 13.8. The number of aryl methyl sites for hydroxylation is 1. The first-order valence-electron chi connectivity index (χ1n) is 6.18. The molecule has 1 aliphatic rings. The van der Waals surface area contributed by atoms with Crippen LogP contribution in [0.25, 0.3) is 6.08 Å². The SMILES string of the molecule is Cc1ccc(N2CCS(=O)CC2)c(/C=C/C(=O)O)c1. The molecule has 1 fully saturated rings. The van der Waals surface area contributed by atoms with Gasteiger partial charge in [0.2, 0.25) is 0 Å². The quantitative estimate of drug-likeness (QED) is 0.855. The van der Waals surface area contributed by atoms with Gasteiger partial charge in [0.25, 0.3) is 0 Å². The topological polar surface area (TPSA) is 57.6 Å². The molecule has 4 nitrogen and oxygen atoms in total. The second-order valence-electron chi connectivity index (χ2n) is 4.57. The van der Waals surface area contributed by atoms with E-state index in [9.17, 15) is 9.00 Å². The molecule has 1 aromatic rings. The van der Waals surface area contributed by atoms with E-state index in [0.717, 1.165) is 36.0 Å². The van der Waals surface area contributed by atoms with Crippen LogP contribution in [0, 0.1) is 6.92 Å². The molecule has 0 saturated carbocycles. The molecule has 0 unspecified atom stereocenters. The Bertz CT molecular complexity index is 529. The van der Waals surface area contributed by atoms with E-state index in [1.165, 1.54) is 0 Å². The van der Waals surface area contributed by atoms with Gasteiger partial charge in [0.05, 0.1) is 0 Å². The fraction of sp³-hybridized carbons (Fsp3) is 0.357. The molecule has 1 aromatic carbocycles. The van der Waals surface area contributed by atoms with Crippen molar-refractivity contribution in [2.75, 3.05) is 29.5 Å². The third kappa shape index (κ3) is 3.67. The highest BCUT2D eigenvalue weighted by Gasteiger charge is 2.17. The largest absolute Gasteiger partial charge is 0.478 e. The molecule has 102 valence electrons. The number of carboxylic acids is 1. The van der Waals surface area contributed by atoms with Crippen molar-refractivity contribution in [3.63, 3.8) is 0 Å². The predicted molar refractivity (Wildman–Crippen MR) is 77.9 cm³/mol. The highest BCUT2D eigenvalue weighted by Crippen LogP contribution is 2.24. The van der Waals surface area contributed by atoms with Gasteiger partial charge < -0.3 is 10.0 Å². The fourth-order valence-electron chi connectivity index (χ4n) is 2.14. The van der Waals surface area contributed by atoms with Crippen LogP contribution in [0.2, 0.25) is 0 Å². The number of nitrogens with zero attached hydrogens (tertiary/aromatic N) is 1. The molecule has 1 aliphatic heterocycles. The van der Waals surface area contributed by atoms with Crippen LogP contribution >= 0.6 is 0 Å². The lowest BCUT2D eigenvalue weighted by molar-refractivity contribution is -0.131. The first kappa shape index (κ1) is 13.8. The molecule has 1 saturated heterocycles. The van der Waals surface area contributed by atoms with Gasteiger partial charge >= 0.3 is 5.97 Å². The molecule has 0 bridgehead atoms. The summed E-state index contributed by atoms with van der Waals surface area (Å²) in [6, 6.07) is 5.99. The van der Waals surface area contributed by atoms with Crippen molar-refractivity contribution in [2.24, 2.45) is 0 Å². The van der Waals surface area contributed by atoms with Crippen LogP contribution in [0.5, 0.6) is 0 Å². The van der Waals surface area contributed by atoms with E-state index in [0.29, 0.717) is 11.5 Å². The summed E-state index contributed by atoms with van der Waals surface area (Å²) in [5.41, 5.74) is 3.00. The molecule has 1 heterocycles. The maximum atomic E-state index is 11.4. The van der Waals surface area contributed by atoms with Gasteiger partial charge in [0.1, 0.15) is 0 Å². The van der Waals surface area contributed by atoms with Crippen LogP contribution in [-0.2, 0) is 15.6 Å². The lowest BCUT2D eigenvalue weighted by Crippen LogP contribution is -2.38. The second kappa shape index (κ2) is 6.02. The van der Waals surface area contributed by atoms with Crippen LogP contribution < -0.4 is 4.90 Å². The van der Waals surface area contributed by atoms with E-state index in [4.69, 9.17) is 5.11 Å². The average Bonchev–Trinajstić information content (AvgIpc) is 2.38. The van der Waals surface area contributed by atoms with Gasteiger partial charge in [-0.2, -0.15) is 0 Å². The lowest BCUT2D eigenvalue weighted by atomic mass is 10.1. The number of anilines is 1. The Labute approximate surface area is 115 Å². The average molecular weight is 279 g/mol. The van der Waals surface area contributed by atoms with Gasteiger partial charge in [-0.1, -0.05) is 11.6 Å². The van der Waals surface area contributed by atoms with Gasteiger partial charge in [0, 0.05) is 47.2 Å². The van der Waals surface area contributed by atoms with E-state index in [-0.39, 0.29) is 0 Å². The van der Waals surface area contributed by atoms with Crippen molar-refractivity contribution in [1.29, 1.82) is 0 Å². The van der Waals surface area contributed by atoms with Crippen molar-refractivity contribution in [3.05, 3.63) is 35.4 Å². The van der Waals surface area contributed by atoms with E-state index in [1.54, 1.807) is 6.08 Å². The van der Waals surface area contributed by atoms with Crippen molar-refractivity contribution >= 4 is 28.5 Å². The van der Waals surface area contributed by atoms with E-state index < -0.39 is 16.8 Å². The van der Waals surface area contributed by atoms with Crippen molar-refractivity contribution in [2.45, 2.75) is 6.92 Å². The summed E-state index contributed by atoms with van der Waals surface area (Å²) in [5, 5.41) is 8.74. The lowest BCUT2D eigenvalue weighted by Gasteiger charge is -2.30. The number of carboxylic acid groups (broad SMARTS) is 1. The summed E-state index contributed by atoms with van der Waals surface area (Å²) in [5.74, 6) is 0.401. The first-order chi connectivity index (χ1) is 9.06. The maximum absolute atomic E-state index is 11.4. The number of carbonyl (C=O) groups is 1. The summed E-state index contributed by atoms with van der Waals surface area (Å²) in [6.07, 6.45) is 2.77. The predicted octanol–water partition coefficient (Wildman–Crippen LogP) is 1.66. The Hall–Kier alpha value is -1.62.